The maximum atomic E-state index is 5.90. The van der Waals surface area contributed by atoms with E-state index in [1.54, 1.807) is 11.3 Å². The van der Waals surface area contributed by atoms with E-state index in [0.29, 0.717) is 6.10 Å². The first-order valence-corrected chi connectivity index (χ1v) is 8.05. The standard InChI is InChI=1S/C15H17ClN2OS/c1-11-10-20-15(17-13-6-4-12(16)5-7-13)18(11)9-14-3-2-8-19-14/h4-7,10,14H,2-3,8-9H2,1H3. The van der Waals surface area contributed by atoms with Crippen LogP contribution in [-0.4, -0.2) is 17.3 Å². The van der Waals surface area contributed by atoms with Crippen LogP contribution < -0.4 is 4.80 Å². The first kappa shape index (κ1) is 13.9. The van der Waals surface area contributed by atoms with Crippen LogP contribution in [0.4, 0.5) is 5.69 Å². The summed E-state index contributed by atoms with van der Waals surface area (Å²) >= 11 is 7.57. The lowest BCUT2D eigenvalue weighted by Crippen LogP contribution is -2.24. The zero-order valence-corrected chi connectivity index (χ0v) is 13.0. The van der Waals surface area contributed by atoms with Gasteiger partial charge in [0.05, 0.1) is 18.3 Å². The quantitative estimate of drug-likeness (QED) is 0.844. The third-order valence-corrected chi connectivity index (χ3v) is 4.69. The average Bonchev–Trinajstić information content (AvgIpc) is 3.06. The highest BCUT2D eigenvalue weighted by molar-refractivity contribution is 7.07. The van der Waals surface area contributed by atoms with Gasteiger partial charge in [-0.25, -0.2) is 4.99 Å². The Kier molecular flexibility index (Phi) is 4.24. The molecule has 0 saturated carbocycles. The molecule has 2 aromatic rings. The van der Waals surface area contributed by atoms with Gasteiger partial charge in [-0.2, -0.15) is 0 Å². The number of hydrogen-bond acceptors (Lipinski definition) is 3. The van der Waals surface area contributed by atoms with E-state index in [1.807, 2.05) is 24.3 Å². The summed E-state index contributed by atoms with van der Waals surface area (Å²) in [6.45, 7) is 3.90. The topological polar surface area (TPSA) is 26.5 Å². The van der Waals surface area contributed by atoms with Crippen molar-refractivity contribution < 1.29 is 4.74 Å². The van der Waals surface area contributed by atoms with Crippen molar-refractivity contribution in [2.75, 3.05) is 6.61 Å². The number of aryl methyl sites for hydroxylation is 1. The van der Waals surface area contributed by atoms with Crippen LogP contribution in [0.3, 0.4) is 0 Å². The maximum Gasteiger partial charge on any atom is 0.190 e. The molecule has 3 rings (SSSR count). The van der Waals surface area contributed by atoms with Gasteiger partial charge in [0.1, 0.15) is 0 Å². The molecule has 0 amide bonds. The van der Waals surface area contributed by atoms with E-state index < -0.39 is 0 Å². The minimum Gasteiger partial charge on any atom is -0.376 e. The van der Waals surface area contributed by atoms with Gasteiger partial charge in [0.25, 0.3) is 0 Å². The summed E-state index contributed by atoms with van der Waals surface area (Å²) in [6, 6.07) is 7.61. The second-order valence-corrected chi connectivity index (χ2v) is 6.27. The van der Waals surface area contributed by atoms with E-state index in [-0.39, 0.29) is 0 Å². The van der Waals surface area contributed by atoms with Crippen LogP contribution in [-0.2, 0) is 11.3 Å². The Bertz CT molecular complexity index is 639. The van der Waals surface area contributed by atoms with Crippen LogP contribution >= 0.6 is 22.9 Å². The summed E-state index contributed by atoms with van der Waals surface area (Å²) in [4.78, 5) is 5.73. The van der Waals surface area contributed by atoms with Crippen LogP contribution in [0.5, 0.6) is 0 Å². The Morgan fingerprint density at radius 2 is 2.20 bits per heavy atom. The van der Waals surface area contributed by atoms with E-state index in [1.165, 1.54) is 5.69 Å². The molecule has 1 aromatic heterocycles. The van der Waals surface area contributed by atoms with Crippen LogP contribution in [0.1, 0.15) is 18.5 Å². The average molecular weight is 309 g/mol. The predicted octanol–water partition coefficient (Wildman–Crippen LogP) is 3.92. The smallest absolute Gasteiger partial charge is 0.190 e. The lowest BCUT2D eigenvalue weighted by atomic mass is 10.2. The summed E-state index contributed by atoms with van der Waals surface area (Å²) < 4.78 is 7.97. The number of halogens is 1. The Morgan fingerprint density at radius 1 is 1.40 bits per heavy atom. The summed E-state index contributed by atoms with van der Waals surface area (Å²) in [5, 5.41) is 2.88. The van der Waals surface area contributed by atoms with Gasteiger partial charge < -0.3 is 9.30 Å². The van der Waals surface area contributed by atoms with E-state index >= 15 is 0 Å². The molecule has 1 aromatic carbocycles. The molecule has 1 aliphatic rings. The van der Waals surface area contributed by atoms with Crippen LogP contribution in [0.2, 0.25) is 5.02 Å². The van der Waals surface area contributed by atoms with Gasteiger partial charge >= 0.3 is 0 Å². The second-order valence-electron chi connectivity index (χ2n) is 4.99. The number of ether oxygens (including phenoxy) is 1. The molecule has 0 N–H and O–H groups in total. The summed E-state index contributed by atoms with van der Waals surface area (Å²) in [5.41, 5.74) is 2.16. The molecule has 2 heterocycles. The fourth-order valence-electron chi connectivity index (χ4n) is 2.34. The molecule has 5 heteroatoms. The van der Waals surface area contributed by atoms with E-state index in [0.717, 1.165) is 41.5 Å². The lowest BCUT2D eigenvalue weighted by Gasteiger charge is -2.12. The number of hydrogen-bond donors (Lipinski definition) is 0. The van der Waals surface area contributed by atoms with Crippen molar-refractivity contribution >= 4 is 28.6 Å². The molecule has 0 aliphatic carbocycles. The zero-order valence-electron chi connectivity index (χ0n) is 11.4. The van der Waals surface area contributed by atoms with Gasteiger partial charge in [-0.15, -0.1) is 11.3 Å². The van der Waals surface area contributed by atoms with Crippen molar-refractivity contribution in [3.05, 3.63) is 45.2 Å². The fraction of sp³-hybridized carbons (Fsp3) is 0.400. The number of aromatic nitrogens is 1. The number of rotatable bonds is 3. The van der Waals surface area contributed by atoms with Crippen molar-refractivity contribution in [2.45, 2.75) is 32.4 Å². The van der Waals surface area contributed by atoms with Crippen molar-refractivity contribution in [1.82, 2.24) is 4.57 Å². The third kappa shape index (κ3) is 3.14. The maximum absolute atomic E-state index is 5.90. The Morgan fingerprint density at radius 3 is 2.90 bits per heavy atom. The Labute approximate surface area is 127 Å². The molecule has 0 bridgehead atoms. The largest absolute Gasteiger partial charge is 0.376 e. The van der Waals surface area contributed by atoms with Crippen molar-refractivity contribution in [3.8, 4) is 0 Å². The van der Waals surface area contributed by atoms with Gasteiger partial charge in [-0.1, -0.05) is 11.6 Å². The second kappa shape index (κ2) is 6.12. The van der Waals surface area contributed by atoms with E-state index in [9.17, 15) is 0 Å². The molecule has 1 unspecified atom stereocenters. The van der Waals surface area contributed by atoms with Crippen LogP contribution in [0.15, 0.2) is 34.6 Å². The number of nitrogens with zero attached hydrogens (tertiary/aromatic N) is 2. The zero-order chi connectivity index (χ0) is 13.9. The molecule has 1 aliphatic heterocycles. The Hall–Kier alpha value is -1.10. The minimum absolute atomic E-state index is 0.326. The Balaban J connectivity index is 1.90. The first-order valence-electron chi connectivity index (χ1n) is 6.79. The van der Waals surface area contributed by atoms with Crippen molar-refractivity contribution in [3.63, 3.8) is 0 Å². The molecule has 106 valence electrons. The lowest BCUT2D eigenvalue weighted by molar-refractivity contribution is 0.0959. The summed E-state index contributed by atoms with van der Waals surface area (Å²) in [5.74, 6) is 0. The molecule has 0 radical (unpaired) electrons. The van der Waals surface area contributed by atoms with Crippen LogP contribution in [0, 0.1) is 6.92 Å². The van der Waals surface area contributed by atoms with Crippen molar-refractivity contribution in [1.29, 1.82) is 0 Å². The minimum atomic E-state index is 0.326. The van der Waals surface area contributed by atoms with Crippen LogP contribution in [0.25, 0.3) is 0 Å². The third-order valence-electron chi connectivity index (χ3n) is 3.45. The summed E-state index contributed by atoms with van der Waals surface area (Å²) in [7, 11) is 0. The molecule has 20 heavy (non-hydrogen) atoms. The highest BCUT2D eigenvalue weighted by Gasteiger charge is 2.17. The fourth-order valence-corrected chi connectivity index (χ4v) is 3.38. The normalized spacial score (nSPS) is 19.7. The van der Waals surface area contributed by atoms with Gasteiger partial charge in [0, 0.05) is 22.7 Å². The SMILES string of the molecule is Cc1csc(=Nc2ccc(Cl)cc2)n1CC1CCCO1. The molecule has 3 nitrogen and oxygen atoms in total. The molecular formula is C15H17ClN2OS. The molecule has 1 saturated heterocycles. The van der Waals surface area contributed by atoms with Gasteiger partial charge in [0.15, 0.2) is 4.80 Å². The highest BCUT2D eigenvalue weighted by atomic mass is 35.5. The first-order chi connectivity index (χ1) is 9.72. The van der Waals surface area contributed by atoms with E-state index in [4.69, 9.17) is 21.3 Å². The van der Waals surface area contributed by atoms with E-state index in [2.05, 4.69) is 16.9 Å². The predicted molar refractivity (Wildman–Crippen MR) is 82.7 cm³/mol. The van der Waals surface area contributed by atoms with Gasteiger partial charge in [0.2, 0.25) is 0 Å². The number of benzene rings is 1. The summed E-state index contributed by atoms with van der Waals surface area (Å²) in [6.07, 6.45) is 2.63. The molecule has 1 atom stereocenters. The highest BCUT2D eigenvalue weighted by Crippen LogP contribution is 2.17. The monoisotopic (exact) mass is 308 g/mol. The van der Waals surface area contributed by atoms with Crippen molar-refractivity contribution in [2.24, 2.45) is 4.99 Å². The molecular weight excluding hydrogens is 292 g/mol. The number of thiazole rings is 1. The van der Waals surface area contributed by atoms with Gasteiger partial charge in [-0.05, 0) is 44.0 Å². The molecule has 1 fully saturated rings. The van der Waals surface area contributed by atoms with Gasteiger partial charge in [-0.3, -0.25) is 0 Å². The molecule has 0 spiro atoms.